The molecule has 1 unspecified atom stereocenters. The standard InChI is InChI=1S/C14H26O2/c1-2-3-4-5-6-7-8-11-14(16)12-9-10-13-15/h14-16H,2-6,9-13H2,1H3. The predicted molar refractivity (Wildman–Crippen MR) is 68.1 cm³/mol. The van der Waals surface area contributed by atoms with Crippen LogP contribution in [0.15, 0.2) is 0 Å². The molecule has 0 aromatic heterocycles. The van der Waals surface area contributed by atoms with Crippen molar-refractivity contribution < 1.29 is 10.2 Å². The number of rotatable bonds is 9. The van der Waals surface area contributed by atoms with E-state index in [0.29, 0.717) is 6.42 Å². The molecule has 0 spiro atoms. The average molecular weight is 226 g/mol. The molecule has 0 heterocycles. The van der Waals surface area contributed by atoms with E-state index < -0.39 is 0 Å². The lowest BCUT2D eigenvalue weighted by Gasteiger charge is -2.04. The fraction of sp³-hybridized carbons (Fsp3) is 0.857. The molecule has 0 saturated carbocycles. The van der Waals surface area contributed by atoms with Gasteiger partial charge in [-0.3, -0.25) is 0 Å². The molecule has 0 aliphatic heterocycles. The van der Waals surface area contributed by atoms with Crippen LogP contribution in [0.1, 0.15) is 64.7 Å². The predicted octanol–water partition coefficient (Wildman–Crippen LogP) is 2.87. The van der Waals surface area contributed by atoms with Crippen LogP contribution in [-0.2, 0) is 0 Å². The van der Waals surface area contributed by atoms with E-state index >= 15 is 0 Å². The third-order valence-electron chi connectivity index (χ3n) is 2.56. The van der Waals surface area contributed by atoms with Crippen LogP contribution in [0.3, 0.4) is 0 Å². The second kappa shape index (κ2) is 12.5. The molecule has 0 saturated heterocycles. The van der Waals surface area contributed by atoms with Gasteiger partial charge in [0.2, 0.25) is 0 Å². The van der Waals surface area contributed by atoms with Crippen LogP contribution < -0.4 is 0 Å². The summed E-state index contributed by atoms with van der Waals surface area (Å²) in [6.07, 6.45) is 8.66. The molecule has 0 aliphatic carbocycles. The highest BCUT2D eigenvalue weighted by molar-refractivity contribution is 5.00. The van der Waals surface area contributed by atoms with Crippen molar-refractivity contribution in [1.82, 2.24) is 0 Å². The Bertz CT molecular complexity index is 191. The van der Waals surface area contributed by atoms with Gasteiger partial charge >= 0.3 is 0 Å². The molecule has 2 N–H and O–H groups in total. The fourth-order valence-electron chi connectivity index (χ4n) is 1.51. The molecule has 0 aromatic carbocycles. The number of hydrogen-bond acceptors (Lipinski definition) is 2. The van der Waals surface area contributed by atoms with Crippen molar-refractivity contribution in [3.05, 3.63) is 0 Å². The van der Waals surface area contributed by atoms with Crippen molar-refractivity contribution in [1.29, 1.82) is 0 Å². The summed E-state index contributed by atoms with van der Waals surface area (Å²) in [6, 6.07) is 0. The largest absolute Gasteiger partial charge is 0.396 e. The Kier molecular flexibility index (Phi) is 12.1. The molecule has 2 nitrogen and oxygen atoms in total. The summed E-state index contributed by atoms with van der Waals surface area (Å²) in [4.78, 5) is 0. The Balaban J connectivity index is 3.30. The molecule has 0 rings (SSSR count). The van der Waals surface area contributed by atoms with E-state index in [1.54, 1.807) is 0 Å². The molecule has 1 atom stereocenters. The van der Waals surface area contributed by atoms with Gasteiger partial charge in [-0.25, -0.2) is 0 Å². The second-order valence-electron chi connectivity index (χ2n) is 4.24. The third kappa shape index (κ3) is 11.6. The molecule has 2 heteroatoms. The first-order valence-electron chi connectivity index (χ1n) is 6.56. The first kappa shape index (κ1) is 15.5. The summed E-state index contributed by atoms with van der Waals surface area (Å²) in [5.41, 5.74) is 0. The smallest absolute Gasteiger partial charge is 0.0649 e. The van der Waals surface area contributed by atoms with Crippen molar-refractivity contribution in [2.75, 3.05) is 6.61 Å². The maximum Gasteiger partial charge on any atom is 0.0649 e. The monoisotopic (exact) mass is 226 g/mol. The van der Waals surface area contributed by atoms with E-state index in [1.165, 1.54) is 25.7 Å². The van der Waals surface area contributed by atoms with E-state index in [2.05, 4.69) is 18.8 Å². The molecule has 0 radical (unpaired) electrons. The zero-order valence-electron chi connectivity index (χ0n) is 10.5. The van der Waals surface area contributed by atoms with E-state index in [4.69, 9.17) is 5.11 Å². The zero-order chi connectivity index (χ0) is 12.1. The van der Waals surface area contributed by atoms with Crippen LogP contribution in [0.4, 0.5) is 0 Å². The van der Waals surface area contributed by atoms with Gasteiger partial charge in [0, 0.05) is 19.4 Å². The summed E-state index contributed by atoms with van der Waals surface area (Å²) < 4.78 is 0. The molecule has 0 bridgehead atoms. The molecule has 94 valence electrons. The van der Waals surface area contributed by atoms with Gasteiger partial charge in [-0.1, -0.05) is 26.2 Å². The lowest BCUT2D eigenvalue weighted by atomic mass is 10.1. The van der Waals surface area contributed by atoms with Crippen molar-refractivity contribution in [3.63, 3.8) is 0 Å². The Morgan fingerprint density at radius 1 is 1.00 bits per heavy atom. The first-order chi connectivity index (χ1) is 7.81. The average Bonchev–Trinajstić information content (AvgIpc) is 2.28. The minimum Gasteiger partial charge on any atom is -0.396 e. The summed E-state index contributed by atoms with van der Waals surface area (Å²) in [5, 5.41) is 18.1. The minimum absolute atomic E-state index is 0.218. The summed E-state index contributed by atoms with van der Waals surface area (Å²) >= 11 is 0. The first-order valence-corrected chi connectivity index (χ1v) is 6.56. The lowest BCUT2D eigenvalue weighted by molar-refractivity contribution is 0.162. The zero-order valence-corrected chi connectivity index (χ0v) is 10.5. The van der Waals surface area contributed by atoms with Gasteiger partial charge in [0.15, 0.2) is 0 Å². The Morgan fingerprint density at radius 3 is 2.50 bits per heavy atom. The van der Waals surface area contributed by atoms with Gasteiger partial charge in [0.05, 0.1) is 6.10 Å². The maximum absolute atomic E-state index is 9.53. The number of unbranched alkanes of at least 4 members (excludes halogenated alkanes) is 5. The summed E-state index contributed by atoms with van der Waals surface area (Å²) in [7, 11) is 0. The molecule has 0 fully saturated rings. The molecule has 0 aromatic rings. The second-order valence-corrected chi connectivity index (χ2v) is 4.24. The van der Waals surface area contributed by atoms with Crippen LogP contribution >= 0.6 is 0 Å². The quantitative estimate of drug-likeness (QED) is 0.469. The lowest BCUT2D eigenvalue weighted by Crippen LogP contribution is -2.04. The minimum atomic E-state index is -0.310. The van der Waals surface area contributed by atoms with Crippen molar-refractivity contribution in [2.24, 2.45) is 0 Å². The van der Waals surface area contributed by atoms with Gasteiger partial charge in [-0.15, -0.1) is 11.8 Å². The van der Waals surface area contributed by atoms with Gasteiger partial charge in [-0.2, -0.15) is 0 Å². The molecule has 0 aliphatic rings. The SMILES string of the molecule is CCCCCCC#CCC(O)CCCCO. The van der Waals surface area contributed by atoms with Crippen LogP contribution in [0.5, 0.6) is 0 Å². The molecule has 0 amide bonds. The van der Waals surface area contributed by atoms with Gasteiger partial charge < -0.3 is 10.2 Å². The Morgan fingerprint density at radius 2 is 1.81 bits per heavy atom. The highest BCUT2D eigenvalue weighted by Crippen LogP contribution is 2.04. The fourth-order valence-corrected chi connectivity index (χ4v) is 1.51. The Labute approximate surface area is 100 Å². The topological polar surface area (TPSA) is 40.5 Å². The molecular weight excluding hydrogens is 200 g/mol. The highest BCUT2D eigenvalue weighted by atomic mass is 16.3. The van der Waals surface area contributed by atoms with E-state index in [1.807, 2.05) is 0 Å². The maximum atomic E-state index is 9.53. The van der Waals surface area contributed by atoms with Crippen molar-refractivity contribution in [3.8, 4) is 11.8 Å². The highest BCUT2D eigenvalue weighted by Gasteiger charge is 2.00. The van der Waals surface area contributed by atoms with Crippen LogP contribution in [0.25, 0.3) is 0 Å². The van der Waals surface area contributed by atoms with E-state index in [-0.39, 0.29) is 12.7 Å². The van der Waals surface area contributed by atoms with E-state index in [9.17, 15) is 5.11 Å². The van der Waals surface area contributed by atoms with Crippen molar-refractivity contribution in [2.45, 2.75) is 70.8 Å². The Hall–Kier alpha value is -0.520. The van der Waals surface area contributed by atoms with Crippen LogP contribution in [0.2, 0.25) is 0 Å². The third-order valence-corrected chi connectivity index (χ3v) is 2.56. The van der Waals surface area contributed by atoms with Gasteiger partial charge in [-0.05, 0) is 25.7 Å². The number of aliphatic hydroxyl groups is 2. The molecular formula is C14H26O2. The van der Waals surface area contributed by atoms with E-state index in [0.717, 1.165) is 25.7 Å². The summed E-state index contributed by atoms with van der Waals surface area (Å²) in [6.45, 7) is 2.42. The van der Waals surface area contributed by atoms with Crippen LogP contribution in [0, 0.1) is 11.8 Å². The van der Waals surface area contributed by atoms with Crippen molar-refractivity contribution >= 4 is 0 Å². The van der Waals surface area contributed by atoms with Gasteiger partial charge in [0.25, 0.3) is 0 Å². The van der Waals surface area contributed by atoms with Crippen LogP contribution in [-0.4, -0.2) is 22.9 Å². The van der Waals surface area contributed by atoms with Gasteiger partial charge in [0.1, 0.15) is 0 Å². The summed E-state index contributed by atoms with van der Waals surface area (Å²) in [5.74, 6) is 6.13. The number of hydrogen-bond donors (Lipinski definition) is 2. The molecule has 16 heavy (non-hydrogen) atoms. The normalized spacial score (nSPS) is 11.9. The number of aliphatic hydroxyl groups excluding tert-OH is 2.